The third-order valence-corrected chi connectivity index (χ3v) is 3.26. The number of amides is 1. The molecule has 0 aromatic heterocycles. The Balaban J connectivity index is 2.07. The molecular weight excluding hydrogens is 246 g/mol. The van der Waals surface area contributed by atoms with Crippen molar-refractivity contribution in [2.75, 3.05) is 32.8 Å². The molecule has 1 N–H and O–H groups in total. The molecule has 0 bridgehead atoms. The van der Waals surface area contributed by atoms with E-state index in [0.717, 1.165) is 12.8 Å². The fraction of sp³-hybridized carbons (Fsp3) is 0.500. The summed E-state index contributed by atoms with van der Waals surface area (Å²) in [6.45, 7) is 1.30. The summed E-state index contributed by atoms with van der Waals surface area (Å²) in [5.41, 5.74) is 0.666. The van der Waals surface area contributed by atoms with Gasteiger partial charge in [-0.1, -0.05) is 0 Å². The van der Waals surface area contributed by atoms with Crippen LogP contribution in [0.3, 0.4) is 0 Å². The number of hydrogen-bond acceptors (Lipinski definition) is 4. The lowest BCUT2D eigenvalue weighted by Gasteiger charge is -2.21. The maximum atomic E-state index is 12.1. The van der Waals surface area contributed by atoms with Gasteiger partial charge in [-0.05, 0) is 25.0 Å². The molecule has 0 saturated carbocycles. The second-order valence-electron chi connectivity index (χ2n) is 4.44. The van der Waals surface area contributed by atoms with Gasteiger partial charge in [0.25, 0.3) is 0 Å². The van der Waals surface area contributed by atoms with Gasteiger partial charge in [0.2, 0.25) is 5.91 Å². The topological polar surface area (TPSA) is 56.8 Å². The first-order valence-corrected chi connectivity index (χ1v) is 6.35. The van der Waals surface area contributed by atoms with Crippen LogP contribution >= 0.6 is 0 Å². The van der Waals surface area contributed by atoms with E-state index in [1.165, 1.54) is 0 Å². The van der Waals surface area contributed by atoms with Crippen LogP contribution in [-0.2, 0) is 9.53 Å². The summed E-state index contributed by atoms with van der Waals surface area (Å²) in [7, 11) is 3.16. The molecule has 5 heteroatoms. The van der Waals surface area contributed by atoms with Crippen molar-refractivity contribution in [3.05, 3.63) is 18.2 Å². The van der Waals surface area contributed by atoms with Gasteiger partial charge in [-0.25, -0.2) is 0 Å². The van der Waals surface area contributed by atoms with Crippen molar-refractivity contribution < 1.29 is 19.0 Å². The Kier molecular flexibility index (Phi) is 4.63. The van der Waals surface area contributed by atoms with Crippen molar-refractivity contribution in [1.29, 1.82) is 0 Å². The zero-order valence-corrected chi connectivity index (χ0v) is 11.3. The van der Waals surface area contributed by atoms with Crippen molar-refractivity contribution in [2.45, 2.75) is 12.8 Å². The molecule has 1 aliphatic rings. The molecule has 1 fully saturated rings. The van der Waals surface area contributed by atoms with E-state index in [2.05, 4.69) is 5.32 Å². The minimum atomic E-state index is 0.0144. The average Bonchev–Trinajstić information content (AvgIpc) is 2.48. The maximum Gasteiger partial charge on any atom is 0.227 e. The first-order chi connectivity index (χ1) is 9.24. The van der Waals surface area contributed by atoms with Crippen molar-refractivity contribution in [2.24, 2.45) is 5.92 Å². The average molecular weight is 265 g/mol. The highest BCUT2D eigenvalue weighted by Gasteiger charge is 2.22. The molecule has 1 aromatic rings. The lowest BCUT2D eigenvalue weighted by Crippen LogP contribution is -2.28. The fourth-order valence-electron chi connectivity index (χ4n) is 2.10. The molecule has 2 rings (SSSR count). The number of benzene rings is 1. The van der Waals surface area contributed by atoms with E-state index in [9.17, 15) is 4.79 Å². The first kappa shape index (κ1) is 13.7. The van der Waals surface area contributed by atoms with Gasteiger partial charge >= 0.3 is 0 Å². The van der Waals surface area contributed by atoms with Crippen LogP contribution in [0.1, 0.15) is 12.8 Å². The Hall–Kier alpha value is -1.75. The molecule has 0 spiro atoms. The molecule has 1 aromatic carbocycles. The van der Waals surface area contributed by atoms with Crippen molar-refractivity contribution in [3.8, 4) is 11.5 Å². The second-order valence-corrected chi connectivity index (χ2v) is 4.44. The highest BCUT2D eigenvalue weighted by molar-refractivity contribution is 5.94. The van der Waals surface area contributed by atoms with Crippen LogP contribution in [-0.4, -0.2) is 33.3 Å². The Morgan fingerprint density at radius 1 is 1.26 bits per heavy atom. The fourth-order valence-corrected chi connectivity index (χ4v) is 2.10. The zero-order valence-electron chi connectivity index (χ0n) is 11.3. The van der Waals surface area contributed by atoms with Gasteiger partial charge < -0.3 is 19.5 Å². The summed E-state index contributed by atoms with van der Waals surface area (Å²) in [4.78, 5) is 12.1. The van der Waals surface area contributed by atoms with Gasteiger partial charge in [0.05, 0.1) is 19.9 Å². The van der Waals surface area contributed by atoms with Gasteiger partial charge in [0, 0.05) is 25.2 Å². The summed E-state index contributed by atoms with van der Waals surface area (Å²) in [5, 5.41) is 2.91. The van der Waals surface area contributed by atoms with Crippen molar-refractivity contribution >= 4 is 11.6 Å². The number of ether oxygens (including phenoxy) is 3. The van der Waals surface area contributed by atoms with Crippen LogP contribution < -0.4 is 14.8 Å². The van der Waals surface area contributed by atoms with E-state index in [-0.39, 0.29) is 11.8 Å². The molecule has 0 atom stereocenters. The highest BCUT2D eigenvalue weighted by atomic mass is 16.5. The van der Waals surface area contributed by atoms with Gasteiger partial charge in [-0.3, -0.25) is 4.79 Å². The Bertz CT molecular complexity index is 441. The largest absolute Gasteiger partial charge is 0.497 e. The van der Waals surface area contributed by atoms with Crippen molar-refractivity contribution in [1.82, 2.24) is 0 Å². The second kappa shape index (κ2) is 6.43. The van der Waals surface area contributed by atoms with Crippen LogP contribution in [0.5, 0.6) is 11.5 Å². The minimum absolute atomic E-state index is 0.0144. The van der Waals surface area contributed by atoms with E-state index < -0.39 is 0 Å². The third-order valence-electron chi connectivity index (χ3n) is 3.26. The molecule has 0 unspecified atom stereocenters. The predicted molar refractivity (Wildman–Crippen MR) is 71.7 cm³/mol. The number of carbonyl (C=O) groups excluding carboxylic acids is 1. The molecule has 0 aliphatic carbocycles. The Morgan fingerprint density at radius 3 is 2.63 bits per heavy atom. The van der Waals surface area contributed by atoms with Crippen LogP contribution in [0.4, 0.5) is 5.69 Å². The molecule has 104 valence electrons. The molecule has 1 heterocycles. The molecular formula is C14H19NO4. The van der Waals surface area contributed by atoms with Crippen molar-refractivity contribution in [3.63, 3.8) is 0 Å². The molecule has 1 aliphatic heterocycles. The van der Waals surface area contributed by atoms with E-state index in [1.807, 2.05) is 0 Å². The SMILES string of the molecule is COc1ccc(NC(=O)C2CCOCC2)c(OC)c1. The third kappa shape index (κ3) is 3.38. The molecule has 5 nitrogen and oxygen atoms in total. The Morgan fingerprint density at radius 2 is 2.00 bits per heavy atom. The normalized spacial score (nSPS) is 15.9. The van der Waals surface area contributed by atoms with Crippen LogP contribution in [0.2, 0.25) is 0 Å². The van der Waals surface area contributed by atoms with Gasteiger partial charge in [-0.15, -0.1) is 0 Å². The monoisotopic (exact) mass is 265 g/mol. The number of carbonyl (C=O) groups is 1. The van der Waals surface area contributed by atoms with Gasteiger partial charge in [0.1, 0.15) is 11.5 Å². The number of methoxy groups -OCH3 is 2. The standard InChI is InChI=1S/C14H19NO4/c1-17-11-3-4-12(13(9-11)18-2)15-14(16)10-5-7-19-8-6-10/h3-4,9-10H,5-8H2,1-2H3,(H,15,16). The summed E-state index contributed by atoms with van der Waals surface area (Å²) in [6.07, 6.45) is 1.54. The zero-order chi connectivity index (χ0) is 13.7. The maximum absolute atomic E-state index is 12.1. The molecule has 1 amide bonds. The summed E-state index contributed by atoms with van der Waals surface area (Å²) in [5.74, 6) is 1.33. The highest BCUT2D eigenvalue weighted by Crippen LogP contribution is 2.30. The van der Waals surface area contributed by atoms with E-state index in [0.29, 0.717) is 30.4 Å². The van der Waals surface area contributed by atoms with Gasteiger partial charge in [0.15, 0.2) is 0 Å². The van der Waals surface area contributed by atoms with E-state index in [1.54, 1.807) is 32.4 Å². The summed E-state index contributed by atoms with van der Waals surface area (Å²) >= 11 is 0. The number of nitrogens with one attached hydrogen (secondary N) is 1. The predicted octanol–water partition coefficient (Wildman–Crippen LogP) is 2.07. The molecule has 19 heavy (non-hydrogen) atoms. The van der Waals surface area contributed by atoms with Crippen LogP contribution in [0.15, 0.2) is 18.2 Å². The quantitative estimate of drug-likeness (QED) is 0.905. The Labute approximate surface area is 112 Å². The van der Waals surface area contributed by atoms with E-state index >= 15 is 0 Å². The van der Waals surface area contributed by atoms with Crippen LogP contribution in [0, 0.1) is 5.92 Å². The molecule has 1 saturated heterocycles. The summed E-state index contributed by atoms with van der Waals surface area (Å²) in [6, 6.07) is 5.33. The number of anilines is 1. The molecule has 0 radical (unpaired) electrons. The smallest absolute Gasteiger partial charge is 0.227 e. The minimum Gasteiger partial charge on any atom is -0.497 e. The van der Waals surface area contributed by atoms with Crippen LogP contribution in [0.25, 0.3) is 0 Å². The number of rotatable bonds is 4. The lowest BCUT2D eigenvalue weighted by atomic mass is 9.99. The van der Waals surface area contributed by atoms with E-state index in [4.69, 9.17) is 14.2 Å². The lowest BCUT2D eigenvalue weighted by molar-refractivity contribution is -0.122. The summed E-state index contributed by atoms with van der Waals surface area (Å²) < 4.78 is 15.6. The number of hydrogen-bond donors (Lipinski definition) is 1. The van der Waals surface area contributed by atoms with Gasteiger partial charge in [-0.2, -0.15) is 0 Å². The first-order valence-electron chi connectivity index (χ1n) is 6.35.